The van der Waals surface area contributed by atoms with Crippen LogP contribution in [-0.2, 0) is 9.59 Å². The summed E-state index contributed by atoms with van der Waals surface area (Å²) in [6.45, 7) is 1.09. The molecule has 2 N–H and O–H groups in total. The molecule has 1 aromatic carbocycles. The lowest BCUT2D eigenvalue weighted by Gasteiger charge is -2.53. The second-order valence-corrected chi connectivity index (χ2v) is 11.0. The number of primary amides is 1. The fraction of sp³-hybridized carbons (Fsp3) is 0.679. The van der Waals surface area contributed by atoms with Crippen molar-refractivity contribution in [2.45, 2.75) is 89.0 Å². The molecule has 1 aromatic rings. The number of benzene rings is 1. The maximum absolute atomic E-state index is 14.3. The number of rotatable bonds is 8. The Morgan fingerprint density at radius 3 is 1.81 bits per heavy atom. The fourth-order valence-corrected chi connectivity index (χ4v) is 7.03. The third-order valence-electron chi connectivity index (χ3n) is 8.87. The van der Waals surface area contributed by atoms with Gasteiger partial charge in [-0.25, -0.2) is 0 Å². The number of piperidine rings is 1. The van der Waals surface area contributed by atoms with Crippen molar-refractivity contribution in [3.05, 3.63) is 39.9 Å². The third-order valence-corrected chi connectivity index (χ3v) is 8.87. The van der Waals surface area contributed by atoms with E-state index in [2.05, 4.69) is 0 Å². The highest BCUT2D eigenvalue weighted by Gasteiger charge is 2.56. The monoisotopic (exact) mass is 512 g/mol. The van der Waals surface area contributed by atoms with Gasteiger partial charge in [-0.15, -0.1) is 0 Å². The molecule has 37 heavy (non-hydrogen) atoms. The van der Waals surface area contributed by atoms with Crippen molar-refractivity contribution >= 4 is 23.4 Å². The molecule has 2 saturated carbocycles. The summed E-state index contributed by atoms with van der Waals surface area (Å²) in [5.41, 5.74) is 5.18. The van der Waals surface area contributed by atoms with E-state index in [1.807, 2.05) is 0 Å². The molecular formula is C28H40N4O5. The first kappa shape index (κ1) is 27.1. The molecule has 0 bridgehead atoms. The summed E-state index contributed by atoms with van der Waals surface area (Å²) in [6.07, 6.45) is 12.1. The van der Waals surface area contributed by atoms with Crippen molar-refractivity contribution < 1.29 is 19.3 Å². The Morgan fingerprint density at radius 2 is 1.35 bits per heavy atom. The van der Waals surface area contributed by atoms with Gasteiger partial charge in [-0.3, -0.25) is 24.5 Å². The standard InChI is InChI=1S/C28H40N4O5/c29-27(35)28(22-10-4-1-5-11-22,23-12-6-2-7-13-23)31(20-25(33)30-18-8-3-9-19-30)26(34)21-14-16-24(17-15-21)32(36)37/h14-17,22-23H,1-13,18-20H2,(H2,29,35). The molecule has 1 saturated heterocycles. The summed E-state index contributed by atoms with van der Waals surface area (Å²) in [7, 11) is 0. The molecule has 0 unspecified atom stereocenters. The first-order chi connectivity index (χ1) is 17.9. The second kappa shape index (κ2) is 12.0. The number of likely N-dealkylation sites (tertiary alicyclic amines) is 1. The van der Waals surface area contributed by atoms with Gasteiger partial charge in [-0.1, -0.05) is 38.5 Å². The van der Waals surface area contributed by atoms with Gasteiger partial charge in [0.15, 0.2) is 0 Å². The lowest BCUT2D eigenvalue weighted by Crippen LogP contribution is -2.69. The molecule has 202 valence electrons. The van der Waals surface area contributed by atoms with Gasteiger partial charge in [0.1, 0.15) is 12.1 Å². The average Bonchev–Trinajstić information content (AvgIpc) is 2.94. The van der Waals surface area contributed by atoms with E-state index in [4.69, 9.17) is 5.73 Å². The quantitative estimate of drug-likeness (QED) is 0.407. The van der Waals surface area contributed by atoms with Crippen molar-refractivity contribution in [3.63, 3.8) is 0 Å². The maximum Gasteiger partial charge on any atom is 0.269 e. The summed E-state index contributed by atoms with van der Waals surface area (Å²) in [5, 5.41) is 11.2. The molecule has 3 amide bonds. The zero-order chi connectivity index (χ0) is 26.4. The van der Waals surface area contributed by atoms with Crippen LogP contribution in [0.3, 0.4) is 0 Å². The predicted octanol–water partition coefficient (Wildman–Crippen LogP) is 4.43. The first-order valence-electron chi connectivity index (χ1n) is 14.0. The van der Waals surface area contributed by atoms with Gasteiger partial charge < -0.3 is 15.5 Å². The molecule has 3 fully saturated rings. The fourth-order valence-electron chi connectivity index (χ4n) is 7.03. The number of non-ortho nitro benzene ring substituents is 1. The SMILES string of the molecule is NC(=O)C(C1CCCCC1)(C1CCCCC1)N(CC(=O)N1CCCCC1)C(=O)c1ccc([N+](=O)[O-])cc1. The Balaban J connectivity index is 1.80. The van der Waals surface area contributed by atoms with Gasteiger partial charge in [0.05, 0.1) is 4.92 Å². The highest BCUT2D eigenvalue weighted by molar-refractivity contribution is 6.01. The van der Waals surface area contributed by atoms with Crippen LogP contribution in [0.1, 0.15) is 93.8 Å². The van der Waals surface area contributed by atoms with Gasteiger partial charge in [-0.2, -0.15) is 0 Å². The van der Waals surface area contributed by atoms with Crippen molar-refractivity contribution in [2.75, 3.05) is 19.6 Å². The Morgan fingerprint density at radius 1 is 0.865 bits per heavy atom. The van der Waals surface area contributed by atoms with E-state index < -0.39 is 22.3 Å². The Bertz CT molecular complexity index is 959. The van der Waals surface area contributed by atoms with Gasteiger partial charge in [0.25, 0.3) is 11.6 Å². The minimum Gasteiger partial charge on any atom is -0.368 e. The topological polar surface area (TPSA) is 127 Å². The van der Waals surface area contributed by atoms with E-state index in [0.29, 0.717) is 13.1 Å². The normalized spacial score (nSPS) is 19.8. The Labute approximate surface area is 218 Å². The van der Waals surface area contributed by atoms with Gasteiger partial charge in [0, 0.05) is 30.8 Å². The second-order valence-electron chi connectivity index (χ2n) is 11.0. The van der Waals surface area contributed by atoms with Crippen LogP contribution >= 0.6 is 0 Å². The van der Waals surface area contributed by atoms with E-state index in [1.54, 1.807) is 4.90 Å². The molecule has 2 aliphatic carbocycles. The minimum absolute atomic E-state index is 0.113. The number of hydrogen-bond acceptors (Lipinski definition) is 5. The van der Waals surface area contributed by atoms with Crippen LogP contribution < -0.4 is 5.73 Å². The molecular weight excluding hydrogens is 472 g/mol. The molecule has 9 heteroatoms. The van der Waals surface area contributed by atoms with Crippen LogP contribution in [0.15, 0.2) is 24.3 Å². The number of nitrogens with two attached hydrogens (primary N) is 1. The van der Waals surface area contributed by atoms with Gasteiger partial charge >= 0.3 is 0 Å². The summed E-state index contributed by atoms with van der Waals surface area (Å²) in [4.78, 5) is 55.6. The maximum atomic E-state index is 14.3. The van der Waals surface area contributed by atoms with E-state index in [-0.39, 0.29) is 35.5 Å². The third kappa shape index (κ3) is 5.65. The smallest absolute Gasteiger partial charge is 0.269 e. The molecule has 3 aliphatic rings. The summed E-state index contributed by atoms with van der Waals surface area (Å²) in [6, 6.07) is 5.44. The van der Waals surface area contributed by atoms with E-state index in [0.717, 1.165) is 83.5 Å². The van der Waals surface area contributed by atoms with Crippen molar-refractivity contribution in [1.82, 2.24) is 9.80 Å². The molecule has 0 aromatic heterocycles. The van der Waals surface area contributed by atoms with Crippen molar-refractivity contribution in [2.24, 2.45) is 17.6 Å². The van der Waals surface area contributed by atoms with Crippen LogP contribution in [0.25, 0.3) is 0 Å². The number of carbonyl (C=O) groups excluding carboxylic acids is 3. The van der Waals surface area contributed by atoms with Gasteiger partial charge in [-0.05, 0) is 68.9 Å². The van der Waals surface area contributed by atoms with E-state index >= 15 is 0 Å². The van der Waals surface area contributed by atoms with Crippen LogP contribution in [0.4, 0.5) is 5.69 Å². The van der Waals surface area contributed by atoms with Crippen LogP contribution in [0, 0.1) is 22.0 Å². The lowest BCUT2D eigenvalue weighted by molar-refractivity contribution is -0.384. The number of hydrogen-bond donors (Lipinski definition) is 1. The van der Waals surface area contributed by atoms with Crippen molar-refractivity contribution in [3.8, 4) is 0 Å². The Kier molecular flexibility index (Phi) is 8.82. The number of amides is 3. The van der Waals surface area contributed by atoms with Crippen molar-refractivity contribution in [1.29, 1.82) is 0 Å². The molecule has 1 heterocycles. The van der Waals surface area contributed by atoms with E-state index in [1.165, 1.54) is 29.2 Å². The van der Waals surface area contributed by atoms with Gasteiger partial charge in [0.2, 0.25) is 11.8 Å². The molecule has 1 aliphatic heterocycles. The van der Waals surface area contributed by atoms with Crippen LogP contribution in [0.2, 0.25) is 0 Å². The molecule has 0 radical (unpaired) electrons. The zero-order valence-corrected chi connectivity index (χ0v) is 21.7. The molecule has 9 nitrogen and oxygen atoms in total. The number of nitro benzene ring substituents is 1. The summed E-state index contributed by atoms with van der Waals surface area (Å²) >= 11 is 0. The molecule has 4 rings (SSSR count). The minimum atomic E-state index is -1.26. The number of carbonyl (C=O) groups is 3. The number of nitro groups is 1. The summed E-state index contributed by atoms with van der Waals surface area (Å²) < 4.78 is 0. The summed E-state index contributed by atoms with van der Waals surface area (Å²) in [5.74, 6) is -1.36. The molecule has 0 spiro atoms. The van der Waals surface area contributed by atoms with E-state index in [9.17, 15) is 24.5 Å². The highest BCUT2D eigenvalue weighted by Crippen LogP contribution is 2.47. The highest BCUT2D eigenvalue weighted by atomic mass is 16.6. The molecule has 0 atom stereocenters. The lowest BCUT2D eigenvalue weighted by atomic mass is 9.62. The first-order valence-corrected chi connectivity index (χ1v) is 14.0. The van der Waals surface area contributed by atoms with Crippen LogP contribution in [0.5, 0.6) is 0 Å². The predicted molar refractivity (Wildman–Crippen MR) is 140 cm³/mol. The average molecular weight is 513 g/mol. The van der Waals surface area contributed by atoms with Crippen LogP contribution in [-0.4, -0.2) is 57.6 Å². The number of nitrogens with zero attached hydrogens (tertiary/aromatic N) is 3. The zero-order valence-electron chi connectivity index (χ0n) is 21.7. The Hall–Kier alpha value is -2.97. The largest absolute Gasteiger partial charge is 0.368 e.